The molecule has 2 aliphatic heterocycles. The van der Waals surface area contributed by atoms with Crippen molar-refractivity contribution in [2.75, 3.05) is 25.0 Å². The summed E-state index contributed by atoms with van der Waals surface area (Å²) in [4.78, 5) is 39.8. The normalized spacial score (nSPS) is 23.0. The maximum absolute atomic E-state index is 13.7. The molecule has 3 rings (SSSR count). The molecule has 3 amide bonds. The maximum atomic E-state index is 13.7. The van der Waals surface area contributed by atoms with Crippen molar-refractivity contribution >= 4 is 23.6 Å². The van der Waals surface area contributed by atoms with Crippen LogP contribution in [-0.2, 0) is 9.59 Å². The number of rotatable bonds is 3. The van der Waals surface area contributed by atoms with Gasteiger partial charge in [0.15, 0.2) is 0 Å². The second-order valence-corrected chi connectivity index (χ2v) is 7.08. The summed E-state index contributed by atoms with van der Waals surface area (Å²) < 4.78 is 13.7. The average molecular weight is 377 g/mol. The van der Waals surface area contributed by atoms with E-state index in [1.165, 1.54) is 28.0 Å². The first-order chi connectivity index (χ1) is 13.0. The predicted molar refractivity (Wildman–Crippen MR) is 96.7 cm³/mol. The zero-order chi connectivity index (χ0) is 19.4. The molecule has 2 heterocycles. The standard InChI is InChI=1S/C19H24FN3O4/c20-14-7-1-2-8-15(14)21-19(27)22-10-5-6-13(12-22)17(24)23-11-4-3-9-16(23)18(25)26/h1-2,7-8,13,16H,3-6,9-12H2,(H,21,27)(H,25,26). The summed E-state index contributed by atoms with van der Waals surface area (Å²) in [6, 6.07) is 4.67. The number of carbonyl (C=O) groups excluding carboxylic acids is 2. The van der Waals surface area contributed by atoms with Crippen molar-refractivity contribution in [3.8, 4) is 0 Å². The highest BCUT2D eigenvalue weighted by atomic mass is 19.1. The van der Waals surface area contributed by atoms with Crippen LogP contribution in [0, 0.1) is 11.7 Å². The molecule has 8 heteroatoms. The number of amides is 3. The number of piperidine rings is 2. The molecule has 0 spiro atoms. The lowest BCUT2D eigenvalue weighted by Gasteiger charge is -2.38. The molecule has 7 nitrogen and oxygen atoms in total. The summed E-state index contributed by atoms with van der Waals surface area (Å²) in [5.41, 5.74) is 0.0953. The van der Waals surface area contributed by atoms with Crippen LogP contribution in [0.1, 0.15) is 32.1 Å². The van der Waals surface area contributed by atoms with Gasteiger partial charge < -0.3 is 20.2 Å². The van der Waals surface area contributed by atoms with E-state index in [4.69, 9.17) is 0 Å². The van der Waals surface area contributed by atoms with Crippen LogP contribution in [0.3, 0.4) is 0 Å². The van der Waals surface area contributed by atoms with E-state index in [9.17, 15) is 23.9 Å². The Balaban J connectivity index is 1.64. The Bertz CT molecular complexity index is 727. The molecule has 0 aromatic heterocycles. The molecule has 2 fully saturated rings. The fourth-order valence-electron chi connectivity index (χ4n) is 3.81. The molecule has 27 heavy (non-hydrogen) atoms. The largest absolute Gasteiger partial charge is 0.480 e. The molecule has 0 aliphatic carbocycles. The third kappa shape index (κ3) is 4.37. The van der Waals surface area contributed by atoms with Gasteiger partial charge in [0, 0.05) is 19.6 Å². The van der Waals surface area contributed by atoms with Gasteiger partial charge in [-0.3, -0.25) is 4.79 Å². The summed E-state index contributed by atoms with van der Waals surface area (Å²) in [5, 5.41) is 11.9. The molecule has 1 aromatic rings. The number of carboxylic acids is 1. The monoisotopic (exact) mass is 377 g/mol. The van der Waals surface area contributed by atoms with E-state index in [0.29, 0.717) is 32.4 Å². The van der Waals surface area contributed by atoms with Crippen molar-refractivity contribution in [3.63, 3.8) is 0 Å². The average Bonchev–Trinajstić information content (AvgIpc) is 2.69. The fourth-order valence-corrected chi connectivity index (χ4v) is 3.81. The number of aliphatic carboxylic acids is 1. The molecular formula is C19H24FN3O4. The van der Waals surface area contributed by atoms with Crippen molar-refractivity contribution in [2.24, 2.45) is 5.92 Å². The van der Waals surface area contributed by atoms with Crippen molar-refractivity contribution in [3.05, 3.63) is 30.1 Å². The highest BCUT2D eigenvalue weighted by Crippen LogP contribution is 2.25. The minimum absolute atomic E-state index is 0.0953. The lowest BCUT2D eigenvalue weighted by Crippen LogP contribution is -2.53. The van der Waals surface area contributed by atoms with Crippen LogP contribution in [-0.4, -0.2) is 58.5 Å². The molecule has 2 atom stereocenters. The number of anilines is 1. The predicted octanol–water partition coefficient (Wildman–Crippen LogP) is 2.54. The Kier molecular flexibility index (Phi) is 5.93. The fraction of sp³-hybridized carbons (Fsp3) is 0.526. The Hall–Kier alpha value is -2.64. The van der Waals surface area contributed by atoms with Crippen LogP contribution in [0.15, 0.2) is 24.3 Å². The number of para-hydroxylation sites is 1. The molecule has 0 saturated carbocycles. The number of nitrogens with one attached hydrogen (secondary N) is 1. The number of urea groups is 1. The zero-order valence-corrected chi connectivity index (χ0v) is 15.1. The highest BCUT2D eigenvalue weighted by Gasteiger charge is 2.37. The third-order valence-electron chi connectivity index (χ3n) is 5.24. The van der Waals surface area contributed by atoms with Crippen molar-refractivity contribution < 1.29 is 23.9 Å². The molecule has 2 saturated heterocycles. The Labute approximate surface area is 157 Å². The van der Waals surface area contributed by atoms with Crippen LogP contribution < -0.4 is 5.32 Å². The summed E-state index contributed by atoms with van der Waals surface area (Å²) in [6.45, 7) is 1.13. The summed E-state index contributed by atoms with van der Waals surface area (Å²) >= 11 is 0. The Morgan fingerprint density at radius 3 is 2.59 bits per heavy atom. The number of carbonyl (C=O) groups is 3. The van der Waals surface area contributed by atoms with Crippen LogP contribution in [0.25, 0.3) is 0 Å². The van der Waals surface area contributed by atoms with Crippen LogP contribution in [0.2, 0.25) is 0 Å². The van der Waals surface area contributed by atoms with Crippen molar-refractivity contribution in [1.29, 1.82) is 0 Å². The van der Waals surface area contributed by atoms with E-state index in [1.807, 2.05) is 0 Å². The van der Waals surface area contributed by atoms with Gasteiger partial charge in [-0.2, -0.15) is 0 Å². The first-order valence-corrected chi connectivity index (χ1v) is 9.31. The first kappa shape index (κ1) is 19.1. The number of nitrogens with zero attached hydrogens (tertiary/aromatic N) is 2. The molecule has 0 radical (unpaired) electrons. The van der Waals surface area contributed by atoms with E-state index < -0.39 is 29.8 Å². The van der Waals surface area contributed by atoms with Gasteiger partial charge in [-0.15, -0.1) is 0 Å². The molecule has 0 bridgehead atoms. The lowest BCUT2D eigenvalue weighted by atomic mass is 9.93. The SMILES string of the molecule is O=C(O)C1CCCCN1C(=O)C1CCCN(C(=O)Nc2ccccc2F)C1. The molecule has 2 N–H and O–H groups in total. The number of hydrogen-bond acceptors (Lipinski definition) is 3. The first-order valence-electron chi connectivity index (χ1n) is 9.31. The smallest absolute Gasteiger partial charge is 0.326 e. The van der Waals surface area contributed by atoms with Gasteiger partial charge in [-0.25, -0.2) is 14.0 Å². The van der Waals surface area contributed by atoms with Crippen LogP contribution >= 0.6 is 0 Å². The van der Waals surface area contributed by atoms with Gasteiger partial charge in [0.05, 0.1) is 11.6 Å². The van der Waals surface area contributed by atoms with Gasteiger partial charge in [0.2, 0.25) is 5.91 Å². The summed E-state index contributed by atoms with van der Waals surface area (Å²) in [7, 11) is 0. The zero-order valence-electron chi connectivity index (χ0n) is 15.1. The number of hydrogen-bond donors (Lipinski definition) is 2. The van der Waals surface area contributed by atoms with E-state index in [-0.39, 0.29) is 18.1 Å². The quantitative estimate of drug-likeness (QED) is 0.847. The van der Waals surface area contributed by atoms with E-state index in [0.717, 1.165) is 12.8 Å². The van der Waals surface area contributed by atoms with E-state index in [1.54, 1.807) is 6.07 Å². The van der Waals surface area contributed by atoms with Crippen molar-refractivity contribution in [1.82, 2.24) is 9.80 Å². The van der Waals surface area contributed by atoms with Gasteiger partial charge in [-0.05, 0) is 44.2 Å². The topological polar surface area (TPSA) is 90.0 Å². The highest BCUT2D eigenvalue weighted by molar-refractivity contribution is 5.90. The van der Waals surface area contributed by atoms with Gasteiger partial charge in [0.25, 0.3) is 0 Å². The number of benzene rings is 1. The maximum Gasteiger partial charge on any atom is 0.326 e. The number of halogens is 1. The van der Waals surface area contributed by atoms with E-state index >= 15 is 0 Å². The summed E-state index contributed by atoms with van der Waals surface area (Å²) in [5.74, 6) is -2.13. The second-order valence-electron chi connectivity index (χ2n) is 7.08. The van der Waals surface area contributed by atoms with Gasteiger partial charge >= 0.3 is 12.0 Å². The lowest BCUT2D eigenvalue weighted by molar-refractivity contribution is -0.154. The molecular weight excluding hydrogens is 353 g/mol. The Morgan fingerprint density at radius 1 is 1.07 bits per heavy atom. The summed E-state index contributed by atoms with van der Waals surface area (Å²) in [6.07, 6.45) is 3.31. The molecule has 2 unspecified atom stereocenters. The third-order valence-corrected chi connectivity index (χ3v) is 5.24. The number of likely N-dealkylation sites (tertiary alicyclic amines) is 2. The van der Waals surface area contributed by atoms with Gasteiger partial charge in [-0.1, -0.05) is 12.1 Å². The van der Waals surface area contributed by atoms with Crippen LogP contribution in [0.5, 0.6) is 0 Å². The molecule has 1 aromatic carbocycles. The van der Waals surface area contributed by atoms with Crippen LogP contribution in [0.4, 0.5) is 14.9 Å². The van der Waals surface area contributed by atoms with E-state index in [2.05, 4.69) is 5.32 Å². The second kappa shape index (κ2) is 8.37. The Morgan fingerprint density at radius 2 is 1.85 bits per heavy atom. The van der Waals surface area contributed by atoms with Gasteiger partial charge in [0.1, 0.15) is 11.9 Å². The minimum atomic E-state index is -0.979. The van der Waals surface area contributed by atoms with Crippen molar-refractivity contribution in [2.45, 2.75) is 38.1 Å². The molecule has 146 valence electrons. The number of carboxylic acid groups (broad SMARTS) is 1. The molecule has 2 aliphatic rings. The minimum Gasteiger partial charge on any atom is -0.480 e.